The smallest absolute Gasteiger partial charge is 0.229 e. The van der Waals surface area contributed by atoms with Gasteiger partial charge in [-0.05, 0) is 69.1 Å². The number of pyridine rings is 1. The minimum Gasteiger partial charge on any atom is -0.328 e. The van der Waals surface area contributed by atoms with Crippen molar-refractivity contribution < 1.29 is 8.78 Å². The topological polar surface area (TPSA) is 75.0 Å². The molecule has 0 saturated carbocycles. The summed E-state index contributed by atoms with van der Waals surface area (Å²) < 4.78 is 32.1. The van der Waals surface area contributed by atoms with Crippen molar-refractivity contribution in [2.45, 2.75) is 66.1 Å². The molecule has 2 aliphatic rings. The Labute approximate surface area is 239 Å². The molecule has 6 rings (SSSR count). The van der Waals surface area contributed by atoms with Crippen molar-refractivity contribution in [3.63, 3.8) is 0 Å². The zero-order valence-electron chi connectivity index (χ0n) is 24.3. The van der Waals surface area contributed by atoms with E-state index in [1.165, 1.54) is 37.6 Å². The van der Waals surface area contributed by atoms with Gasteiger partial charge in [-0.15, -0.1) is 0 Å². The molecule has 0 amide bonds. The number of piperidine rings is 1. The molecule has 1 saturated heterocycles. The van der Waals surface area contributed by atoms with Crippen molar-refractivity contribution in [2.24, 2.45) is 5.92 Å². The van der Waals surface area contributed by atoms with Gasteiger partial charge in [-0.2, -0.15) is 0 Å². The van der Waals surface area contributed by atoms with E-state index in [2.05, 4.69) is 56.9 Å². The zero-order chi connectivity index (χ0) is 28.7. The summed E-state index contributed by atoms with van der Waals surface area (Å²) in [5.41, 5.74) is 3.59. The molecule has 0 unspecified atom stereocenters. The van der Waals surface area contributed by atoms with Gasteiger partial charge in [0, 0.05) is 43.4 Å². The number of nitrogens with zero attached hydrogens (tertiary/aromatic N) is 7. The third-order valence-electron chi connectivity index (χ3n) is 8.40. The second-order valence-corrected chi connectivity index (χ2v) is 11.7. The molecule has 41 heavy (non-hydrogen) atoms. The predicted molar refractivity (Wildman–Crippen MR) is 157 cm³/mol. The minimum atomic E-state index is -0.621. The summed E-state index contributed by atoms with van der Waals surface area (Å²) in [4.78, 5) is 23.0. The molecular weight excluding hydrogens is 522 g/mol. The lowest BCUT2D eigenvalue weighted by molar-refractivity contribution is 0.100. The van der Waals surface area contributed by atoms with Gasteiger partial charge in [-0.3, -0.25) is 4.90 Å². The maximum Gasteiger partial charge on any atom is 0.229 e. The van der Waals surface area contributed by atoms with Crippen LogP contribution in [0.3, 0.4) is 0 Å². The first kappa shape index (κ1) is 27.7. The number of nitrogens with one attached hydrogen (secondary N) is 1. The van der Waals surface area contributed by atoms with Crippen LogP contribution in [0.4, 0.5) is 20.5 Å². The highest BCUT2D eigenvalue weighted by molar-refractivity contribution is 5.83. The van der Waals surface area contributed by atoms with E-state index in [1.807, 2.05) is 17.6 Å². The lowest BCUT2D eigenvalue weighted by atomic mass is 9.98. The second-order valence-electron chi connectivity index (χ2n) is 11.7. The minimum absolute atomic E-state index is 0.0287. The summed E-state index contributed by atoms with van der Waals surface area (Å²) in [5, 5.41) is 3.14. The average Bonchev–Trinajstić information content (AvgIpc) is 3.28. The Balaban J connectivity index is 1.22. The van der Waals surface area contributed by atoms with E-state index < -0.39 is 11.6 Å². The molecule has 3 aromatic heterocycles. The molecule has 1 N–H and O–H groups in total. The van der Waals surface area contributed by atoms with Crippen LogP contribution in [0.25, 0.3) is 22.3 Å². The Kier molecular flexibility index (Phi) is 7.70. The largest absolute Gasteiger partial charge is 0.328 e. The van der Waals surface area contributed by atoms with Crippen LogP contribution in [0.15, 0.2) is 30.5 Å². The van der Waals surface area contributed by atoms with Gasteiger partial charge in [0.15, 0.2) is 11.6 Å². The standard InChI is InChI=1S/C31H38F2N8/c1-5-39-11-8-23(9-12-39)40-13-10-26-21(18-40)6-7-28(36-26)37-31-34-16-25(33)29(38-31)22-14-24(32)30-27(15-22)41(17-19(2)3)20(4)35-30/h6-7,14-16,19,23H,5,8-13,17-18H2,1-4H3,(H,34,36,37,38). The van der Waals surface area contributed by atoms with E-state index in [0.29, 0.717) is 35.4 Å². The van der Waals surface area contributed by atoms with Crippen molar-refractivity contribution in [3.05, 3.63) is 59.2 Å². The summed E-state index contributed by atoms with van der Waals surface area (Å²) in [7, 11) is 0. The number of benzene rings is 1. The van der Waals surface area contributed by atoms with Crippen LogP contribution in [0.1, 0.15) is 50.7 Å². The van der Waals surface area contributed by atoms with Gasteiger partial charge in [0.25, 0.3) is 0 Å². The first-order valence-electron chi connectivity index (χ1n) is 14.7. The maximum atomic E-state index is 15.1. The van der Waals surface area contributed by atoms with Crippen LogP contribution in [0, 0.1) is 24.5 Å². The number of hydrogen-bond donors (Lipinski definition) is 1. The molecule has 0 radical (unpaired) electrons. The van der Waals surface area contributed by atoms with Crippen LogP contribution < -0.4 is 5.32 Å². The van der Waals surface area contributed by atoms with Gasteiger partial charge in [-0.1, -0.05) is 26.8 Å². The lowest BCUT2D eigenvalue weighted by Crippen LogP contribution is -2.46. The van der Waals surface area contributed by atoms with Gasteiger partial charge in [0.1, 0.15) is 22.9 Å². The third kappa shape index (κ3) is 5.67. The molecule has 2 aliphatic heterocycles. The van der Waals surface area contributed by atoms with Gasteiger partial charge >= 0.3 is 0 Å². The van der Waals surface area contributed by atoms with Gasteiger partial charge in [0.2, 0.25) is 5.95 Å². The van der Waals surface area contributed by atoms with E-state index in [9.17, 15) is 4.39 Å². The molecule has 0 spiro atoms. The molecule has 216 valence electrons. The van der Waals surface area contributed by atoms with Crippen molar-refractivity contribution >= 4 is 22.8 Å². The summed E-state index contributed by atoms with van der Waals surface area (Å²) >= 11 is 0. The molecule has 5 heterocycles. The number of likely N-dealkylation sites (tertiary alicyclic amines) is 1. The summed E-state index contributed by atoms with van der Waals surface area (Å²) in [6.07, 6.45) is 4.44. The fourth-order valence-electron chi connectivity index (χ4n) is 6.19. The number of halogens is 2. The van der Waals surface area contributed by atoms with E-state index in [4.69, 9.17) is 4.98 Å². The Morgan fingerprint density at radius 2 is 1.83 bits per heavy atom. The number of aromatic nitrogens is 5. The third-order valence-corrected chi connectivity index (χ3v) is 8.40. The van der Waals surface area contributed by atoms with Gasteiger partial charge in [-0.25, -0.2) is 28.7 Å². The van der Waals surface area contributed by atoms with E-state index in [-0.39, 0.29) is 17.2 Å². The number of aryl methyl sites for hydroxylation is 1. The molecule has 0 bridgehead atoms. The normalized spacial score (nSPS) is 17.0. The lowest BCUT2D eigenvalue weighted by Gasteiger charge is -2.40. The monoisotopic (exact) mass is 560 g/mol. The molecule has 1 fully saturated rings. The van der Waals surface area contributed by atoms with Crippen molar-refractivity contribution in [3.8, 4) is 11.3 Å². The molecule has 4 aromatic rings. The van der Waals surface area contributed by atoms with Gasteiger partial charge < -0.3 is 14.8 Å². The molecule has 1 aromatic carbocycles. The van der Waals surface area contributed by atoms with Crippen molar-refractivity contribution in [2.75, 3.05) is 31.5 Å². The number of fused-ring (bicyclic) bond motifs is 2. The van der Waals surface area contributed by atoms with Crippen LogP contribution >= 0.6 is 0 Å². The summed E-state index contributed by atoms with van der Waals surface area (Å²) in [6, 6.07) is 7.72. The summed E-state index contributed by atoms with van der Waals surface area (Å²) in [6.45, 7) is 14.3. The van der Waals surface area contributed by atoms with Crippen molar-refractivity contribution in [1.29, 1.82) is 0 Å². The molecular formula is C31H38F2N8. The Morgan fingerprint density at radius 3 is 2.59 bits per heavy atom. The summed E-state index contributed by atoms with van der Waals surface area (Å²) in [5.74, 6) is 0.759. The van der Waals surface area contributed by atoms with Crippen LogP contribution in [-0.4, -0.2) is 66.5 Å². The SMILES string of the molecule is CCN1CCC(N2CCc3nc(Nc4ncc(F)c(-c5cc(F)c6nc(C)n(CC(C)C)c6c5)n4)ccc3C2)CC1. The number of rotatable bonds is 7. The van der Waals surface area contributed by atoms with Crippen molar-refractivity contribution in [1.82, 2.24) is 34.3 Å². The van der Waals surface area contributed by atoms with Gasteiger partial charge in [0.05, 0.1) is 11.7 Å². The first-order chi connectivity index (χ1) is 19.8. The zero-order valence-corrected chi connectivity index (χ0v) is 24.3. The quantitative estimate of drug-likeness (QED) is 0.310. The molecule has 10 heteroatoms. The van der Waals surface area contributed by atoms with Crippen LogP contribution in [-0.2, 0) is 19.5 Å². The molecule has 0 atom stereocenters. The Hall–Kier alpha value is -3.50. The number of hydrogen-bond acceptors (Lipinski definition) is 7. The fraction of sp³-hybridized carbons (Fsp3) is 0.484. The Morgan fingerprint density at radius 1 is 1.02 bits per heavy atom. The Bertz CT molecular complexity index is 1560. The average molecular weight is 561 g/mol. The molecule has 8 nitrogen and oxygen atoms in total. The first-order valence-corrected chi connectivity index (χ1v) is 14.7. The van der Waals surface area contributed by atoms with E-state index in [1.54, 1.807) is 6.07 Å². The van der Waals surface area contributed by atoms with E-state index >= 15 is 4.39 Å². The highest BCUT2D eigenvalue weighted by Gasteiger charge is 2.27. The highest BCUT2D eigenvalue weighted by atomic mass is 19.1. The maximum absolute atomic E-state index is 15.1. The predicted octanol–water partition coefficient (Wildman–Crippen LogP) is 5.72. The highest BCUT2D eigenvalue weighted by Crippen LogP contribution is 2.30. The van der Waals surface area contributed by atoms with E-state index in [0.717, 1.165) is 43.8 Å². The molecule has 0 aliphatic carbocycles. The van der Waals surface area contributed by atoms with Crippen LogP contribution in [0.2, 0.25) is 0 Å². The fourth-order valence-corrected chi connectivity index (χ4v) is 6.19. The second kappa shape index (κ2) is 11.4. The van der Waals surface area contributed by atoms with Crippen LogP contribution in [0.5, 0.6) is 0 Å². The number of imidazole rings is 1. The number of anilines is 2.